The molecule has 1 fully saturated rings. The van der Waals surface area contributed by atoms with Crippen LogP contribution in [0, 0.1) is 0 Å². The lowest BCUT2D eigenvalue weighted by Crippen LogP contribution is -2.44. The second-order valence-corrected chi connectivity index (χ2v) is 3.96. The molecule has 1 aliphatic heterocycles. The molecule has 2 rings (SSSR count). The number of nitrogens with one attached hydrogen (secondary N) is 1. The Morgan fingerprint density at radius 1 is 1.31 bits per heavy atom. The van der Waals surface area contributed by atoms with Crippen LogP contribution in [0.3, 0.4) is 0 Å². The fourth-order valence-corrected chi connectivity index (χ4v) is 1.92. The summed E-state index contributed by atoms with van der Waals surface area (Å²) in [5.41, 5.74) is 1.00. The van der Waals surface area contributed by atoms with Gasteiger partial charge in [0.25, 0.3) is 0 Å². The van der Waals surface area contributed by atoms with Crippen LogP contribution in [0.4, 0.5) is 0 Å². The van der Waals surface area contributed by atoms with Crippen molar-refractivity contribution in [3.05, 3.63) is 17.8 Å². The molecule has 1 N–H and O–H groups in total. The van der Waals surface area contributed by atoms with Crippen molar-refractivity contribution in [3.63, 3.8) is 0 Å². The number of ether oxygens (including phenoxy) is 1. The third-order valence-electron chi connectivity index (χ3n) is 3.00. The lowest BCUT2D eigenvalue weighted by atomic mass is 10.1. The van der Waals surface area contributed by atoms with Crippen LogP contribution >= 0.6 is 0 Å². The molecule has 2 heterocycles. The molecule has 0 aliphatic carbocycles. The van der Waals surface area contributed by atoms with Gasteiger partial charge in [-0.15, -0.1) is 5.10 Å². The second-order valence-electron chi connectivity index (χ2n) is 3.96. The van der Waals surface area contributed by atoms with Gasteiger partial charge in [-0.3, -0.25) is 4.90 Å². The zero-order valence-electron chi connectivity index (χ0n) is 9.81. The topological polar surface area (TPSA) is 50.3 Å². The molecular weight excluding hydrogens is 204 g/mol. The molecule has 5 heteroatoms. The molecule has 0 saturated carbocycles. The van der Waals surface area contributed by atoms with Crippen molar-refractivity contribution in [1.82, 2.24) is 20.4 Å². The standard InChI is InChI=1S/C11H18N4O/c1-9(15-7-5-12-6-8-15)10-3-4-11(16-2)14-13-10/h3-4,9,12H,5-8H2,1-2H3. The highest BCUT2D eigenvalue weighted by molar-refractivity contribution is 5.13. The van der Waals surface area contributed by atoms with Gasteiger partial charge in [0.1, 0.15) is 0 Å². The average Bonchev–Trinajstić information content (AvgIpc) is 2.39. The van der Waals surface area contributed by atoms with Crippen LogP contribution in [0.5, 0.6) is 5.88 Å². The highest BCUT2D eigenvalue weighted by Gasteiger charge is 2.19. The maximum atomic E-state index is 5.00. The first-order valence-corrected chi connectivity index (χ1v) is 5.63. The van der Waals surface area contributed by atoms with Gasteiger partial charge in [0.15, 0.2) is 0 Å². The molecule has 1 saturated heterocycles. The van der Waals surface area contributed by atoms with E-state index in [0.717, 1.165) is 31.9 Å². The van der Waals surface area contributed by atoms with E-state index in [2.05, 4.69) is 27.3 Å². The molecule has 0 aromatic carbocycles. The minimum atomic E-state index is 0.320. The van der Waals surface area contributed by atoms with Gasteiger partial charge in [0, 0.05) is 32.2 Å². The first-order chi connectivity index (χ1) is 7.81. The molecule has 1 unspecified atom stereocenters. The Hall–Kier alpha value is -1.20. The largest absolute Gasteiger partial charge is 0.480 e. The van der Waals surface area contributed by atoms with E-state index in [9.17, 15) is 0 Å². The lowest BCUT2D eigenvalue weighted by Gasteiger charge is -2.32. The lowest BCUT2D eigenvalue weighted by molar-refractivity contribution is 0.181. The molecular formula is C11H18N4O. The minimum absolute atomic E-state index is 0.320. The number of piperazine rings is 1. The summed E-state index contributed by atoms with van der Waals surface area (Å²) in [7, 11) is 1.60. The van der Waals surface area contributed by atoms with Crippen molar-refractivity contribution >= 4 is 0 Å². The fraction of sp³-hybridized carbons (Fsp3) is 0.636. The average molecular weight is 222 g/mol. The summed E-state index contributed by atoms with van der Waals surface area (Å²) in [5.74, 6) is 0.566. The summed E-state index contributed by atoms with van der Waals surface area (Å²) in [6.45, 7) is 6.40. The zero-order chi connectivity index (χ0) is 11.4. The van der Waals surface area contributed by atoms with Gasteiger partial charge >= 0.3 is 0 Å². The fourth-order valence-electron chi connectivity index (χ4n) is 1.92. The monoisotopic (exact) mass is 222 g/mol. The van der Waals surface area contributed by atoms with Gasteiger partial charge < -0.3 is 10.1 Å². The highest BCUT2D eigenvalue weighted by atomic mass is 16.5. The summed E-state index contributed by atoms with van der Waals surface area (Å²) >= 11 is 0. The Kier molecular flexibility index (Phi) is 3.69. The van der Waals surface area contributed by atoms with Crippen LogP contribution in [-0.2, 0) is 0 Å². The number of hydrogen-bond acceptors (Lipinski definition) is 5. The van der Waals surface area contributed by atoms with Crippen LogP contribution in [0.1, 0.15) is 18.7 Å². The van der Waals surface area contributed by atoms with E-state index in [-0.39, 0.29) is 0 Å². The van der Waals surface area contributed by atoms with Gasteiger partial charge in [0.05, 0.1) is 18.8 Å². The number of aromatic nitrogens is 2. The van der Waals surface area contributed by atoms with Crippen molar-refractivity contribution in [1.29, 1.82) is 0 Å². The molecule has 1 atom stereocenters. The zero-order valence-corrected chi connectivity index (χ0v) is 9.81. The maximum absolute atomic E-state index is 5.00. The van der Waals surface area contributed by atoms with Gasteiger partial charge in [-0.25, -0.2) is 0 Å². The molecule has 0 spiro atoms. The predicted octanol–water partition coefficient (Wildman–Crippen LogP) is 0.451. The van der Waals surface area contributed by atoms with E-state index in [1.54, 1.807) is 7.11 Å². The van der Waals surface area contributed by atoms with Gasteiger partial charge in [-0.1, -0.05) is 0 Å². The first kappa shape index (κ1) is 11.3. The predicted molar refractivity (Wildman–Crippen MR) is 61.4 cm³/mol. The summed E-state index contributed by atoms with van der Waals surface area (Å²) in [5, 5.41) is 11.5. The van der Waals surface area contributed by atoms with Crippen molar-refractivity contribution in [2.75, 3.05) is 33.3 Å². The molecule has 88 valence electrons. The van der Waals surface area contributed by atoms with Crippen LogP contribution in [0.2, 0.25) is 0 Å². The summed E-state index contributed by atoms with van der Waals surface area (Å²) in [4.78, 5) is 2.41. The van der Waals surface area contributed by atoms with Gasteiger partial charge in [0.2, 0.25) is 5.88 Å². The number of hydrogen-bond donors (Lipinski definition) is 1. The Bertz CT molecular complexity index is 321. The van der Waals surface area contributed by atoms with Crippen LogP contribution < -0.4 is 10.1 Å². The Labute approximate surface area is 95.8 Å². The van der Waals surface area contributed by atoms with E-state index in [0.29, 0.717) is 11.9 Å². The van der Waals surface area contributed by atoms with Crippen molar-refractivity contribution in [2.45, 2.75) is 13.0 Å². The second kappa shape index (κ2) is 5.23. The van der Waals surface area contributed by atoms with Gasteiger partial charge in [-0.05, 0) is 13.0 Å². The smallest absolute Gasteiger partial charge is 0.233 e. The molecule has 16 heavy (non-hydrogen) atoms. The third-order valence-corrected chi connectivity index (χ3v) is 3.00. The van der Waals surface area contributed by atoms with E-state index in [1.807, 2.05) is 12.1 Å². The van der Waals surface area contributed by atoms with E-state index < -0.39 is 0 Å². The SMILES string of the molecule is COc1ccc(C(C)N2CCNCC2)nn1. The molecule has 0 radical (unpaired) electrons. The Morgan fingerprint density at radius 3 is 2.62 bits per heavy atom. The molecule has 0 bridgehead atoms. The number of rotatable bonds is 3. The molecule has 1 aliphatic rings. The quantitative estimate of drug-likeness (QED) is 0.804. The normalized spacial score (nSPS) is 19.4. The Morgan fingerprint density at radius 2 is 2.06 bits per heavy atom. The summed E-state index contributed by atoms with van der Waals surface area (Å²) < 4.78 is 5.00. The molecule has 1 aromatic heterocycles. The Balaban J connectivity index is 2.04. The van der Waals surface area contributed by atoms with E-state index in [4.69, 9.17) is 4.74 Å². The maximum Gasteiger partial charge on any atom is 0.233 e. The number of nitrogens with zero attached hydrogens (tertiary/aromatic N) is 3. The van der Waals surface area contributed by atoms with Crippen molar-refractivity contribution in [3.8, 4) is 5.88 Å². The highest BCUT2D eigenvalue weighted by Crippen LogP contribution is 2.18. The molecule has 1 aromatic rings. The number of methoxy groups -OCH3 is 1. The van der Waals surface area contributed by atoms with Gasteiger partial charge in [-0.2, -0.15) is 5.10 Å². The summed E-state index contributed by atoms with van der Waals surface area (Å²) in [6.07, 6.45) is 0. The molecule has 5 nitrogen and oxygen atoms in total. The van der Waals surface area contributed by atoms with Crippen LogP contribution in [-0.4, -0.2) is 48.4 Å². The van der Waals surface area contributed by atoms with E-state index >= 15 is 0 Å². The van der Waals surface area contributed by atoms with E-state index in [1.165, 1.54) is 0 Å². The van der Waals surface area contributed by atoms with Crippen LogP contribution in [0.15, 0.2) is 12.1 Å². The first-order valence-electron chi connectivity index (χ1n) is 5.63. The summed E-state index contributed by atoms with van der Waals surface area (Å²) in [6, 6.07) is 4.17. The molecule has 0 amide bonds. The van der Waals surface area contributed by atoms with Crippen LogP contribution in [0.25, 0.3) is 0 Å². The minimum Gasteiger partial charge on any atom is -0.480 e. The third kappa shape index (κ3) is 2.48. The van der Waals surface area contributed by atoms with Crippen molar-refractivity contribution in [2.24, 2.45) is 0 Å². The van der Waals surface area contributed by atoms with Crippen molar-refractivity contribution < 1.29 is 4.74 Å².